The third kappa shape index (κ3) is 4.03. The molecule has 4 aromatic rings. The van der Waals surface area contributed by atoms with Gasteiger partial charge in [-0.3, -0.25) is 14.5 Å². The highest BCUT2D eigenvalue weighted by Gasteiger charge is 2.44. The van der Waals surface area contributed by atoms with Crippen LogP contribution in [0.3, 0.4) is 0 Å². The van der Waals surface area contributed by atoms with Gasteiger partial charge in [0, 0.05) is 10.7 Å². The van der Waals surface area contributed by atoms with Gasteiger partial charge in [-0.15, -0.1) is 0 Å². The molecular weight excluding hydrogens is 478 g/mol. The fraction of sp³-hybridized carbons (Fsp3) is 0.172. The number of hydrogen-bond donors (Lipinski definition) is 0. The van der Waals surface area contributed by atoms with Crippen LogP contribution in [0.5, 0.6) is 11.5 Å². The molecule has 0 aliphatic carbocycles. The van der Waals surface area contributed by atoms with Crippen molar-refractivity contribution in [2.24, 2.45) is 0 Å². The van der Waals surface area contributed by atoms with Gasteiger partial charge < -0.3 is 13.9 Å². The first-order valence-corrected chi connectivity index (χ1v) is 12.0. The molecule has 1 aliphatic heterocycles. The summed E-state index contributed by atoms with van der Waals surface area (Å²) in [4.78, 5) is 29.1. The van der Waals surface area contributed by atoms with E-state index in [0.29, 0.717) is 52.0 Å². The average Bonchev–Trinajstić information content (AvgIpc) is 3.17. The molecule has 0 fully saturated rings. The normalized spacial score (nSPS) is 14.7. The van der Waals surface area contributed by atoms with Crippen molar-refractivity contribution >= 4 is 34.2 Å². The molecule has 3 aromatic carbocycles. The van der Waals surface area contributed by atoms with E-state index in [9.17, 15) is 9.59 Å². The maximum atomic E-state index is 13.8. The highest BCUT2D eigenvalue weighted by atomic mass is 35.5. The summed E-state index contributed by atoms with van der Waals surface area (Å²) in [7, 11) is 0. The summed E-state index contributed by atoms with van der Waals surface area (Å²) in [6.45, 7) is 8.27. The molecule has 36 heavy (non-hydrogen) atoms. The number of carbonyl (C=O) groups is 1. The summed E-state index contributed by atoms with van der Waals surface area (Å²) in [5.41, 5.74) is 2.66. The minimum atomic E-state index is -0.734. The first-order chi connectivity index (χ1) is 17.4. The highest BCUT2D eigenvalue weighted by Crippen LogP contribution is 2.43. The van der Waals surface area contributed by atoms with Crippen LogP contribution in [-0.2, 0) is 0 Å². The third-order valence-corrected chi connectivity index (χ3v) is 6.32. The lowest BCUT2D eigenvalue weighted by Crippen LogP contribution is -2.29. The molecule has 0 saturated heterocycles. The molecule has 1 atom stereocenters. The summed E-state index contributed by atoms with van der Waals surface area (Å²) in [5, 5.41) is 0.731. The number of amides is 1. The van der Waals surface area contributed by atoms with Crippen molar-refractivity contribution in [2.75, 3.05) is 18.1 Å². The second-order valence-electron chi connectivity index (χ2n) is 8.47. The standard InChI is InChI=1S/C29H24ClNO5/c1-4-14-35-23-12-8-18(15-24(23)34-5-2)26-25-27(32)21-16-19(30)9-13-22(21)36-28(25)29(33)31(26)20-10-6-17(3)7-11-20/h4,6-13,15-16,26H,1,5,14H2,2-3H3. The Bertz CT molecular complexity index is 1540. The summed E-state index contributed by atoms with van der Waals surface area (Å²) in [5.74, 6) is 0.683. The Morgan fingerprint density at radius 3 is 2.53 bits per heavy atom. The lowest BCUT2D eigenvalue weighted by atomic mass is 9.97. The molecule has 1 aromatic heterocycles. The Morgan fingerprint density at radius 1 is 1.03 bits per heavy atom. The highest BCUT2D eigenvalue weighted by molar-refractivity contribution is 6.31. The number of carbonyl (C=O) groups excluding carboxylic acids is 1. The third-order valence-electron chi connectivity index (χ3n) is 6.08. The van der Waals surface area contributed by atoms with Crippen molar-refractivity contribution in [1.82, 2.24) is 0 Å². The van der Waals surface area contributed by atoms with Crippen molar-refractivity contribution in [3.63, 3.8) is 0 Å². The van der Waals surface area contributed by atoms with Crippen LogP contribution in [0.25, 0.3) is 11.0 Å². The van der Waals surface area contributed by atoms with Gasteiger partial charge in [0.25, 0.3) is 5.91 Å². The van der Waals surface area contributed by atoms with E-state index in [2.05, 4.69) is 6.58 Å². The summed E-state index contributed by atoms with van der Waals surface area (Å²) >= 11 is 6.18. The van der Waals surface area contributed by atoms with Gasteiger partial charge in [-0.05, 0) is 61.9 Å². The molecule has 7 heteroatoms. The van der Waals surface area contributed by atoms with Gasteiger partial charge in [-0.2, -0.15) is 0 Å². The lowest BCUT2D eigenvalue weighted by molar-refractivity contribution is 0.0971. The SMILES string of the molecule is C=CCOc1ccc(C2c3c(oc4ccc(Cl)cc4c3=O)C(=O)N2c2ccc(C)cc2)cc1OCC. The minimum absolute atomic E-state index is 0.0188. The molecule has 182 valence electrons. The fourth-order valence-electron chi connectivity index (χ4n) is 4.46. The van der Waals surface area contributed by atoms with Crippen molar-refractivity contribution < 1.29 is 18.7 Å². The number of benzene rings is 3. The van der Waals surface area contributed by atoms with Gasteiger partial charge in [-0.1, -0.05) is 48.0 Å². The zero-order valence-corrected chi connectivity index (χ0v) is 20.7. The molecule has 0 bridgehead atoms. The Kier molecular flexibility index (Phi) is 6.29. The molecule has 0 radical (unpaired) electrons. The molecule has 1 amide bonds. The van der Waals surface area contributed by atoms with E-state index < -0.39 is 11.9 Å². The van der Waals surface area contributed by atoms with E-state index in [4.69, 9.17) is 25.5 Å². The van der Waals surface area contributed by atoms with Gasteiger partial charge in [0.05, 0.1) is 23.6 Å². The second-order valence-corrected chi connectivity index (χ2v) is 8.90. The summed E-state index contributed by atoms with van der Waals surface area (Å²) in [6.07, 6.45) is 1.65. The Balaban J connectivity index is 1.75. The topological polar surface area (TPSA) is 69.0 Å². The molecule has 0 spiro atoms. The minimum Gasteiger partial charge on any atom is -0.490 e. The van der Waals surface area contributed by atoms with Gasteiger partial charge in [-0.25, -0.2) is 0 Å². The first-order valence-electron chi connectivity index (χ1n) is 11.6. The number of ether oxygens (including phenoxy) is 2. The number of fused-ring (bicyclic) bond motifs is 2. The molecule has 1 aliphatic rings. The first kappa shape index (κ1) is 23.7. The van der Waals surface area contributed by atoms with E-state index in [0.717, 1.165) is 5.56 Å². The second kappa shape index (κ2) is 9.55. The molecule has 0 saturated carbocycles. The van der Waals surface area contributed by atoms with Crippen molar-refractivity contribution in [3.8, 4) is 11.5 Å². The van der Waals surface area contributed by atoms with Crippen LogP contribution >= 0.6 is 11.6 Å². The number of aryl methyl sites for hydroxylation is 1. The van der Waals surface area contributed by atoms with E-state index in [-0.39, 0.29) is 16.8 Å². The molecule has 5 rings (SSSR count). The van der Waals surface area contributed by atoms with Crippen LogP contribution in [0.1, 0.15) is 40.2 Å². The van der Waals surface area contributed by atoms with Gasteiger partial charge in [0.15, 0.2) is 16.9 Å². The van der Waals surface area contributed by atoms with E-state index in [1.165, 1.54) is 0 Å². The zero-order chi connectivity index (χ0) is 25.4. The van der Waals surface area contributed by atoms with Crippen LogP contribution in [0.15, 0.2) is 82.5 Å². The average molecular weight is 502 g/mol. The molecule has 0 N–H and O–H groups in total. The predicted molar refractivity (Wildman–Crippen MR) is 141 cm³/mol. The van der Waals surface area contributed by atoms with Crippen LogP contribution in [0, 0.1) is 6.92 Å². The van der Waals surface area contributed by atoms with Crippen LogP contribution < -0.4 is 19.8 Å². The van der Waals surface area contributed by atoms with Crippen molar-refractivity contribution in [2.45, 2.75) is 19.9 Å². The van der Waals surface area contributed by atoms with Crippen molar-refractivity contribution in [3.05, 3.63) is 111 Å². The molecule has 2 heterocycles. The lowest BCUT2D eigenvalue weighted by Gasteiger charge is -2.26. The largest absolute Gasteiger partial charge is 0.490 e. The maximum absolute atomic E-state index is 13.8. The van der Waals surface area contributed by atoms with E-state index in [1.807, 2.05) is 44.2 Å². The van der Waals surface area contributed by atoms with Gasteiger partial charge in [0.1, 0.15) is 12.2 Å². The number of rotatable bonds is 7. The van der Waals surface area contributed by atoms with E-state index in [1.54, 1.807) is 41.3 Å². The van der Waals surface area contributed by atoms with Crippen LogP contribution in [-0.4, -0.2) is 19.1 Å². The number of halogens is 1. The Morgan fingerprint density at radius 2 is 1.81 bits per heavy atom. The Labute approximate surface area is 213 Å². The maximum Gasteiger partial charge on any atom is 0.295 e. The van der Waals surface area contributed by atoms with Crippen LogP contribution in [0.2, 0.25) is 5.02 Å². The summed E-state index contributed by atoms with van der Waals surface area (Å²) in [6, 6.07) is 17.0. The fourth-order valence-corrected chi connectivity index (χ4v) is 4.64. The van der Waals surface area contributed by atoms with Crippen molar-refractivity contribution in [1.29, 1.82) is 0 Å². The van der Waals surface area contributed by atoms with Gasteiger partial charge in [0.2, 0.25) is 5.76 Å². The predicted octanol–water partition coefficient (Wildman–Crippen LogP) is 6.47. The number of hydrogen-bond acceptors (Lipinski definition) is 5. The number of nitrogens with zero attached hydrogens (tertiary/aromatic N) is 1. The Hall–Kier alpha value is -4.03. The monoisotopic (exact) mass is 501 g/mol. The molecule has 6 nitrogen and oxygen atoms in total. The van der Waals surface area contributed by atoms with Crippen LogP contribution in [0.4, 0.5) is 5.69 Å². The quantitative estimate of drug-likeness (QED) is 0.271. The zero-order valence-electron chi connectivity index (χ0n) is 19.9. The van der Waals surface area contributed by atoms with E-state index >= 15 is 0 Å². The summed E-state index contributed by atoms with van der Waals surface area (Å²) < 4.78 is 17.6. The molecular formula is C29H24ClNO5. The van der Waals surface area contributed by atoms with Gasteiger partial charge >= 0.3 is 0 Å². The molecule has 1 unspecified atom stereocenters. The smallest absolute Gasteiger partial charge is 0.295 e. The number of anilines is 1.